The van der Waals surface area contributed by atoms with Gasteiger partial charge < -0.3 is 15.3 Å². The van der Waals surface area contributed by atoms with Gasteiger partial charge >= 0.3 is 5.97 Å². The van der Waals surface area contributed by atoms with E-state index in [4.69, 9.17) is 16.7 Å². The molecule has 0 fully saturated rings. The first kappa shape index (κ1) is 16.2. The number of aromatic carboxylic acids is 1. The molecule has 7 heteroatoms. The monoisotopic (exact) mass is 299 g/mol. The number of carbonyl (C=O) groups excluding carboxylic acids is 1. The highest BCUT2D eigenvalue weighted by molar-refractivity contribution is 6.33. The number of carboxylic acid groups (broad SMARTS) is 1. The predicted octanol–water partition coefficient (Wildman–Crippen LogP) is 2.10. The van der Waals surface area contributed by atoms with Gasteiger partial charge in [0.25, 0.3) is 0 Å². The number of carbonyl (C=O) groups is 2. The van der Waals surface area contributed by atoms with Gasteiger partial charge in [-0.15, -0.1) is 0 Å². The van der Waals surface area contributed by atoms with Gasteiger partial charge in [-0.2, -0.15) is 0 Å². The van der Waals surface area contributed by atoms with Crippen LogP contribution in [0.4, 0.5) is 5.82 Å². The van der Waals surface area contributed by atoms with Gasteiger partial charge in [-0.25, -0.2) is 9.78 Å². The van der Waals surface area contributed by atoms with Crippen molar-refractivity contribution in [2.75, 3.05) is 18.4 Å². The van der Waals surface area contributed by atoms with Crippen LogP contribution in [0.1, 0.15) is 31.3 Å². The molecule has 0 aliphatic heterocycles. The number of nitrogens with one attached hydrogen (secondary N) is 1. The summed E-state index contributed by atoms with van der Waals surface area (Å²) in [4.78, 5) is 28.6. The van der Waals surface area contributed by atoms with E-state index in [1.807, 2.05) is 13.8 Å². The van der Waals surface area contributed by atoms with Gasteiger partial charge in [0.1, 0.15) is 11.9 Å². The maximum atomic E-state index is 12.1. The summed E-state index contributed by atoms with van der Waals surface area (Å²) in [6, 6.07) is 2.49. The van der Waals surface area contributed by atoms with E-state index in [0.717, 1.165) is 0 Å². The third-order valence-corrected chi connectivity index (χ3v) is 3.16. The molecular formula is C13H18ClN3O3. The van der Waals surface area contributed by atoms with Crippen LogP contribution in [0.15, 0.2) is 12.1 Å². The molecule has 110 valence electrons. The Morgan fingerprint density at radius 2 is 2.00 bits per heavy atom. The van der Waals surface area contributed by atoms with Crippen LogP contribution in [-0.2, 0) is 4.79 Å². The molecule has 1 unspecified atom stereocenters. The van der Waals surface area contributed by atoms with Crippen molar-refractivity contribution in [2.24, 2.45) is 0 Å². The lowest BCUT2D eigenvalue weighted by Crippen LogP contribution is -2.41. The van der Waals surface area contributed by atoms with Crippen LogP contribution in [0, 0.1) is 0 Å². The Labute approximate surface area is 122 Å². The van der Waals surface area contributed by atoms with Crippen LogP contribution < -0.4 is 5.32 Å². The van der Waals surface area contributed by atoms with E-state index in [1.54, 1.807) is 17.9 Å². The summed E-state index contributed by atoms with van der Waals surface area (Å²) in [6.45, 7) is 6.75. The highest BCUT2D eigenvalue weighted by Crippen LogP contribution is 2.17. The summed E-state index contributed by atoms with van der Waals surface area (Å²) in [6.07, 6.45) is 0. The van der Waals surface area contributed by atoms with E-state index in [0.29, 0.717) is 18.9 Å². The van der Waals surface area contributed by atoms with E-state index in [2.05, 4.69) is 10.3 Å². The molecule has 0 radical (unpaired) electrons. The molecule has 20 heavy (non-hydrogen) atoms. The van der Waals surface area contributed by atoms with Crippen molar-refractivity contribution in [1.82, 2.24) is 9.88 Å². The molecule has 6 nitrogen and oxygen atoms in total. The Kier molecular flexibility index (Phi) is 5.76. The molecule has 1 rings (SSSR count). The average molecular weight is 300 g/mol. The van der Waals surface area contributed by atoms with E-state index >= 15 is 0 Å². The third kappa shape index (κ3) is 3.84. The quantitative estimate of drug-likeness (QED) is 0.840. The molecule has 0 saturated heterocycles. The maximum Gasteiger partial charge on any atom is 0.356 e. The molecule has 0 aliphatic rings. The lowest BCUT2D eigenvalue weighted by Gasteiger charge is -2.23. The highest BCUT2D eigenvalue weighted by atomic mass is 35.5. The van der Waals surface area contributed by atoms with Crippen LogP contribution in [0.25, 0.3) is 0 Å². The third-order valence-electron chi connectivity index (χ3n) is 2.86. The molecule has 0 bridgehead atoms. The molecule has 1 heterocycles. The Bertz CT molecular complexity index is 504. The van der Waals surface area contributed by atoms with Gasteiger partial charge in [-0.05, 0) is 32.9 Å². The number of halogens is 1. The number of likely N-dealkylation sites (N-methyl/N-ethyl adjacent to an activating group) is 1. The first-order chi connectivity index (χ1) is 9.40. The van der Waals surface area contributed by atoms with Crippen LogP contribution in [-0.4, -0.2) is 46.0 Å². The molecule has 1 aromatic heterocycles. The standard InChI is InChI=1S/C13H18ClN3O3/c1-4-17(5-2)12(18)8(3)15-10-7-6-9(14)11(16-10)13(19)20/h6-8H,4-5H2,1-3H3,(H,15,16)(H,19,20). The number of nitrogens with zero attached hydrogens (tertiary/aromatic N) is 2. The minimum Gasteiger partial charge on any atom is -0.476 e. The van der Waals surface area contributed by atoms with Gasteiger partial charge in [0.15, 0.2) is 5.69 Å². The van der Waals surface area contributed by atoms with Crippen molar-refractivity contribution in [2.45, 2.75) is 26.8 Å². The van der Waals surface area contributed by atoms with E-state index < -0.39 is 12.0 Å². The summed E-state index contributed by atoms with van der Waals surface area (Å²) in [5.74, 6) is -0.968. The first-order valence-corrected chi connectivity index (χ1v) is 6.73. The van der Waals surface area contributed by atoms with Crippen molar-refractivity contribution in [3.05, 3.63) is 22.8 Å². The molecule has 1 amide bonds. The molecule has 0 saturated carbocycles. The molecular weight excluding hydrogens is 282 g/mol. The SMILES string of the molecule is CCN(CC)C(=O)C(C)Nc1ccc(Cl)c(C(=O)O)n1. The van der Waals surface area contributed by atoms with Crippen molar-refractivity contribution in [1.29, 1.82) is 0 Å². The Hall–Kier alpha value is -1.82. The van der Waals surface area contributed by atoms with Crippen molar-refractivity contribution < 1.29 is 14.7 Å². The second kappa shape index (κ2) is 7.09. The lowest BCUT2D eigenvalue weighted by molar-refractivity contribution is -0.131. The smallest absolute Gasteiger partial charge is 0.356 e. The fourth-order valence-corrected chi connectivity index (χ4v) is 1.95. The molecule has 0 aliphatic carbocycles. The van der Waals surface area contributed by atoms with Crippen LogP contribution in [0.5, 0.6) is 0 Å². The number of hydrogen-bond donors (Lipinski definition) is 2. The molecule has 0 spiro atoms. The van der Waals surface area contributed by atoms with E-state index in [9.17, 15) is 9.59 Å². The normalized spacial score (nSPS) is 11.8. The van der Waals surface area contributed by atoms with Crippen LogP contribution >= 0.6 is 11.6 Å². The summed E-state index contributed by atoms with van der Waals surface area (Å²) >= 11 is 5.74. The maximum absolute atomic E-state index is 12.1. The number of amides is 1. The zero-order valence-electron chi connectivity index (χ0n) is 11.7. The van der Waals surface area contributed by atoms with Crippen molar-refractivity contribution in [3.63, 3.8) is 0 Å². The summed E-state index contributed by atoms with van der Waals surface area (Å²) in [7, 11) is 0. The van der Waals surface area contributed by atoms with Crippen molar-refractivity contribution in [3.8, 4) is 0 Å². The number of carboxylic acids is 1. The zero-order chi connectivity index (χ0) is 15.3. The van der Waals surface area contributed by atoms with Gasteiger partial charge in [0.2, 0.25) is 5.91 Å². The Balaban J connectivity index is 2.85. The zero-order valence-corrected chi connectivity index (χ0v) is 12.4. The number of hydrogen-bond acceptors (Lipinski definition) is 4. The number of aromatic nitrogens is 1. The largest absolute Gasteiger partial charge is 0.476 e. The molecule has 2 N–H and O–H groups in total. The fourth-order valence-electron chi connectivity index (χ4n) is 1.77. The average Bonchev–Trinajstić information content (AvgIpc) is 2.41. The van der Waals surface area contributed by atoms with Crippen LogP contribution in [0.2, 0.25) is 5.02 Å². The minimum atomic E-state index is -1.21. The summed E-state index contributed by atoms with van der Waals surface area (Å²) in [5.41, 5.74) is -0.237. The number of rotatable bonds is 6. The van der Waals surface area contributed by atoms with E-state index in [1.165, 1.54) is 6.07 Å². The summed E-state index contributed by atoms with van der Waals surface area (Å²) < 4.78 is 0. The fraction of sp³-hybridized carbons (Fsp3) is 0.462. The lowest BCUT2D eigenvalue weighted by atomic mass is 10.2. The predicted molar refractivity (Wildman–Crippen MR) is 77.2 cm³/mol. The Morgan fingerprint density at radius 3 is 2.50 bits per heavy atom. The molecule has 1 aromatic rings. The van der Waals surface area contributed by atoms with E-state index in [-0.39, 0.29) is 16.6 Å². The minimum absolute atomic E-state index is 0.0609. The van der Waals surface area contributed by atoms with Gasteiger partial charge in [0.05, 0.1) is 5.02 Å². The topological polar surface area (TPSA) is 82.5 Å². The molecule has 1 atom stereocenters. The second-order valence-corrected chi connectivity index (χ2v) is 4.62. The number of anilines is 1. The van der Waals surface area contributed by atoms with Crippen LogP contribution in [0.3, 0.4) is 0 Å². The van der Waals surface area contributed by atoms with Gasteiger partial charge in [-0.1, -0.05) is 11.6 Å². The van der Waals surface area contributed by atoms with Crippen molar-refractivity contribution >= 4 is 29.3 Å². The second-order valence-electron chi connectivity index (χ2n) is 4.21. The highest BCUT2D eigenvalue weighted by Gasteiger charge is 2.19. The number of pyridine rings is 1. The Morgan fingerprint density at radius 1 is 1.40 bits per heavy atom. The van der Waals surface area contributed by atoms with Gasteiger partial charge in [0, 0.05) is 13.1 Å². The van der Waals surface area contributed by atoms with Gasteiger partial charge in [-0.3, -0.25) is 4.79 Å². The molecule has 0 aromatic carbocycles. The summed E-state index contributed by atoms with van der Waals surface area (Å²) in [5, 5.41) is 11.9. The first-order valence-electron chi connectivity index (χ1n) is 6.35.